The van der Waals surface area contributed by atoms with Crippen molar-refractivity contribution in [3.8, 4) is 0 Å². The van der Waals surface area contributed by atoms with Gasteiger partial charge >= 0.3 is 0 Å². The molecule has 0 saturated heterocycles. The fourth-order valence-electron chi connectivity index (χ4n) is 3.06. The van der Waals surface area contributed by atoms with Crippen molar-refractivity contribution in [1.29, 1.82) is 0 Å². The molecule has 0 aromatic heterocycles. The summed E-state index contributed by atoms with van der Waals surface area (Å²) >= 11 is 0. The van der Waals surface area contributed by atoms with Gasteiger partial charge in [-0.1, -0.05) is 31.7 Å². The van der Waals surface area contributed by atoms with E-state index in [9.17, 15) is 14.4 Å². The average Bonchev–Trinajstić information content (AvgIpc) is 2.83. The van der Waals surface area contributed by atoms with Gasteiger partial charge in [-0.25, -0.2) is 0 Å². The minimum Gasteiger partial charge on any atom is -0.352 e. The second-order valence-electron chi connectivity index (χ2n) is 7.50. The molecule has 0 bridgehead atoms. The highest BCUT2D eigenvalue weighted by Crippen LogP contribution is 2.23. The van der Waals surface area contributed by atoms with Crippen molar-refractivity contribution >= 4 is 29.1 Å². The quantitative estimate of drug-likeness (QED) is 0.556. The fraction of sp³-hybridized carbons (Fsp3) is 0.550. The summed E-state index contributed by atoms with van der Waals surface area (Å²) in [7, 11) is 0. The highest BCUT2D eigenvalue weighted by molar-refractivity contribution is 6.10. The van der Waals surface area contributed by atoms with Gasteiger partial charge in [0.2, 0.25) is 17.7 Å². The summed E-state index contributed by atoms with van der Waals surface area (Å²) < 4.78 is 0. The van der Waals surface area contributed by atoms with E-state index < -0.39 is 5.41 Å². The first-order valence-corrected chi connectivity index (χ1v) is 9.29. The second kappa shape index (κ2) is 8.83. The molecule has 142 valence electrons. The molecule has 3 N–H and O–H groups in total. The molecule has 1 fully saturated rings. The van der Waals surface area contributed by atoms with Gasteiger partial charge in [-0.15, -0.1) is 0 Å². The van der Waals surface area contributed by atoms with Gasteiger partial charge in [0, 0.05) is 24.3 Å². The lowest BCUT2D eigenvalue weighted by atomic mass is 9.90. The Morgan fingerprint density at radius 1 is 0.923 bits per heavy atom. The highest BCUT2D eigenvalue weighted by atomic mass is 16.2. The molecule has 1 saturated carbocycles. The van der Waals surface area contributed by atoms with Crippen LogP contribution in [0.2, 0.25) is 0 Å². The van der Waals surface area contributed by atoms with Gasteiger partial charge in [-0.05, 0) is 44.9 Å². The molecular weight excluding hydrogens is 330 g/mol. The zero-order valence-electron chi connectivity index (χ0n) is 15.9. The van der Waals surface area contributed by atoms with Crippen LogP contribution in [0.15, 0.2) is 24.3 Å². The maximum Gasteiger partial charge on any atom is 0.239 e. The van der Waals surface area contributed by atoms with E-state index in [-0.39, 0.29) is 23.8 Å². The lowest BCUT2D eigenvalue weighted by Crippen LogP contribution is -2.48. The van der Waals surface area contributed by atoms with Crippen molar-refractivity contribution in [2.75, 3.05) is 10.6 Å². The van der Waals surface area contributed by atoms with Crippen LogP contribution in [-0.2, 0) is 14.4 Å². The van der Waals surface area contributed by atoms with E-state index in [1.165, 1.54) is 19.8 Å². The number of hydrogen-bond donors (Lipinski definition) is 3. The van der Waals surface area contributed by atoms with Gasteiger partial charge in [0.25, 0.3) is 0 Å². The molecule has 6 nitrogen and oxygen atoms in total. The first-order chi connectivity index (χ1) is 12.3. The second-order valence-corrected chi connectivity index (χ2v) is 7.50. The van der Waals surface area contributed by atoms with E-state index in [1.54, 1.807) is 38.1 Å². The maximum atomic E-state index is 12.7. The van der Waals surface area contributed by atoms with E-state index in [2.05, 4.69) is 16.0 Å². The van der Waals surface area contributed by atoms with E-state index in [4.69, 9.17) is 0 Å². The summed E-state index contributed by atoms with van der Waals surface area (Å²) in [5.74, 6) is -0.805. The summed E-state index contributed by atoms with van der Waals surface area (Å²) in [6.45, 7) is 4.68. The molecule has 26 heavy (non-hydrogen) atoms. The molecule has 0 aliphatic heterocycles. The molecule has 0 radical (unpaired) electrons. The molecule has 1 aromatic rings. The van der Waals surface area contributed by atoms with Gasteiger partial charge < -0.3 is 16.0 Å². The lowest BCUT2D eigenvalue weighted by molar-refractivity contribution is -0.139. The zero-order valence-corrected chi connectivity index (χ0v) is 15.9. The lowest BCUT2D eigenvalue weighted by Gasteiger charge is -2.26. The van der Waals surface area contributed by atoms with E-state index in [0.717, 1.165) is 25.7 Å². The fourth-order valence-corrected chi connectivity index (χ4v) is 3.06. The standard InChI is InChI=1S/C20H29N3O3/c1-14(24)21-16-11-8-12-17(13-16)23-19(26)20(2,3)18(25)22-15-9-6-4-5-7-10-15/h8,11-13,15H,4-7,9-10H2,1-3H3,(H,21,24)(H,22,25)(H,23,26). The van der Waals surface area contributed by atoms with Gasteiger partial charge in [0.1, 0.15) is 5.41 Å². The van der Waals surface area contributed by atoms with Gasteiger partial charge in [0.05, 0.1) is 0 Å². The summed E-state index contributed by atoms with van der Waals surface area (Å²) in [6.07, 6.45) is 6.60. The van der Waals surface area contributed by atoms with Crippen molar-refractivity contribution in [2.24, 2.45) is 5.41 Å². The highest BCUT2D eigenvalue weighted by Gasteiger charge is 2.37. The first-order valence-electron chi connectivity index (χ1n) is 9.29. The summed E-state index contributed by atoms with van der Waals surface area (Å²) in [4.78, 5) is 36.5. The van der Waals surface area contributed by atoms with Crippen molar-refractivity contribution in [3.05, 3.63) is 24.3 Å². The van der Waals surface area contributed by atoms with E-state index in [1.807, 2.05) is 0 Å². The molecule has 1 aliphatic rings. The number of carbonyl (C=O) groups excluding carboxylic acids is 3. The molecule has 0 atom stereocenters. The predicted molar refractivity (Wildman–Crippen MR) is 103 cm³/mol. The SMILES string of the molecule is CC(=O)Nc1cccc(NC(=O)C(C)(C)C(=O)NC2CCCCCC2)c1. The Kier molecular flexibility index (Phi) is 6.77. The van der Waals surface area contributed by atoms with Crippen molar-refractivity contribution < 1.29 is 14.4 Å². The summed E-state index contributed by atoms with van der Waals surface area (Å²) in [5.41, 5.74) is -0.0522. The Morgan fingerprint density at radius 2 is 1.50 bits per heavy atom. The monoisotopic (exact) mass is 359 g/mol. The van der Waals surface area contributed by atoms with Gasteiger partial charge in [-0.2, -0.15) is 0 Å². The largest absolute Gasteiger partial charge is 0.352 e. The Balaban J connectivity index is 1.99. The van der Waals surface area contributed by atoms with E-state index >= 15 is 0 Å². The molecule has 0 spiro atoms. The summed E-state index contributed by atoms with van der Waals surface area (Å²) in [5, 5.41) is 8.49. The van der Waals surface area contributed by atoms with Crippen LogP contribution in [0.4, 0.5) is 11.4 Å². The number of hydrogen-bond acceptors (Lipinski definition) is 3. The molecular formula is C20H29N3O3. The van der Waals surface area contributed by atoms with Crippen LogP contribution in [0, 0.1) is 5.41 Å². The van der Waals surface area contributed by atoms with Crippen LogP contribution in [0.3, 0.4) is 0 Å². The van der Waals surface area contributed by atoms with Crippen LogP contribution in [-0.4, -0.2) is 23.8 Å². The Morgan fingerprint density at radius 3 is 2.08 bits per heavy atom. The first kappa shape index (κ1) is 19.9. The smallest absolute Gasteiger partial charge is 0.239 e. The summed E-state index contributed by atoms with van der Waals surface area (Å²) in [6, 6.07) is 7.02. The van der Waals surface area contributed by atoms with Crippen molar-refractivity contribution in [1.82, 2.24) is 5.32 Å². The van der Waals surface area contributed by atoms with Crippen LogP contribution in [0.25, 0.3) is 0 Å². The zero-order chi connectivity index (χ0) is 19.2. The molecule has 6 heteroatoms. The third kappa shape index (κ3) is 5.58. The van der Waals surface area contributed by atoms with Crippen LogP contribution in [0.1, 0.15) is 59.3 Å². The Hall–Kier alpha value is -2.37. The van der Waals surface area contributed by atoms with Crippen LogP contribution >= 0.6 is 0 Å². The number of anilines is 2. The molecule has 1 aliphatic carbocycles. The number of benzene rings is 1. The van der Waals surface area contributed by atoms with Crippen molar-refractivity contribution in [2.45, 2.75) is 65.3 Å². The Bertz CT molecular complexity index is 662. The van der Waals surface area contributed by atoms with Crippen molar-refractivity contribution in [3.63, 3.8) is 0 Å². The van der Waals surface area contributed by atoms with E-state index in [0.29, 0.717) is 11.4 Å². The predicted octanol–water partition coefficient (Wildman–Crippen LogP) is 3.45. The minimum absolute atomic E-state index is 0.153. The number of amides is 3. The Labute approximate surface area is 155 Å². The molecule has 3 amide bonds. The topological polar surface area (TPSA) is 87.3 Å². The van der Waals surface area contributed by atoms with Gasteiger partial charge in [0.15, 0.2) is 0 Å². The molecule has 1 aromatic carbocycles. The minimum atomic E-state index is -1.18. The van der Waals surface area contributed by atoms with Crippen LogP contribution in [0.5, 0.6) is 0 Å². The maximum absolute atomic E-state index is 12.7. The normalized spacial score (nSPS) is 15.7. The molecule has 0 heterocycles. The van der Waals surface area contributed by atoms with Crippen LogP contribution < -0.4 is 16.0 Å². The number of carbonyl (C=O) groups is 3. The van der Waals surface area contributed by atoms with Gasteiger partial charge in [-0.3, -0.25) is 14.4 Å². The molecule has 0 unspecified atom stereocenters. The molecule has 2 rings (SSSR count). The third-order valence-electron chi connectivity index (χ3n) is 4.77. The third-order valence-corrected chi connectivity index (χ3v) is 4.77. The number of nitrogens with one attached hydrogen (secondary N) is 3. The average molecular weight is 359 g/mol. The number of rotatable bonds is 5.